The second-order valence-corrected chi connectivity index (χ2v) is 8.20. The molecule has 0 heterocycles. The van der Waals surface area contributed by atoms with Crippen LogP contribution in [0.5, 0.6) is 0 Å². The standard InChI is InChI=1S/C18H28O2/c1-9-5-11(3)15-13(7-9)17(19)18(20)14-8-10(2)6-12(4)16(14)15/h9-16H,5-8H2,1-4H3. The van der Waals surface area contributed by atoms with E-state index in [9.17, 15) is 9.59 Å². The first-order chi connectivity index (χ1) is 9.40. The van der Waals surface area contributed by atoms with Crippen LogP contribution >= 0.6 is 0 Å². The van der Waals surface area contributed by atoms with E-state index in [0.717, 1.165) is 12.8 Å². The van der Waals surface area contributed by atoms with Crippen molar-refractivity contribution in [2.24, 2.45) is 47.3 Å². The number of Topliss-reactive ketones (excluding diaryl/α,β-unsaturated/α-hetero) is 2. The molecule has 2 heteroatoms. The molecule has 2 nitrogen and oxygen atoms in total. The Bertz CT molecular complexity index is 387. The maximum absolute atomic E-state index is 12.6. The third-order valence-electron chi connectivity index (χ3n) is 6.47. The van der Waals surface area contributed by atoms with Gasteiger partial charge >= 0.3 is 0 Å². The van der Waals surface area contributed by atoms with E-state index >= 15 is 0 Å². The maximum Gasteiger partial charge on any atom is 0.202 e. The smallest absolute Gasteiger partial charge is 0.202 e. The van der Waals surface area contributed by atoms with Gasteiger partial charge in [0.25, 0.3) is 0 Å². The Labute approximate surface area is 122 Å². The molecule has 8 atom stereocenters. The van der Waals surface area contributed by atoms with E-state index in [-0.39, 0.29) is 23.4 Å². The van der Waals surface area contributed by atoms with Crippen molar-refractivity contribution in [1.29, 1.82) is 0 Å². The van der Waals surface area contributed by atoms with Crippen LogP contribution in [0.1, 0.15) is 53.4 Å². The zero-order chi connectivity index (χ0) is 14.6. The summed E-state index contributed by atoms with van der Waals surface area (Å²) in [4.78, 5) is 25.1. The molecular formula is C18H28O2. The molecule has 3 rings (SSSR count). The largest absolute Gasteiger partial charge is 0.291 e. The SMILES string of the molecule is CC1CC(C)C2C(C1)C(=O)C(=O)C1CC(C)CC(C)C12. The molecule has 3 aliphatic rings. The molecule has 0 aromatic heterocycles. The summed E-state index contributed by atoms with van der Waals surface area (Å²) >= 11 is 0. The Kier molecular flexibility index (Phi) is 3.54. The van der Waals surface area contributed by atoms with E-state index in [1.807, 2.05) is 0 Å². The molecule has 3 saturated carbocycles. The van der Waals surface area contributed by atoms with Gasteiger partial charge in [0.05, 0.1) is 0 Å². The zero-order valence-electron chi connectivity index (χ0n) is 13.3. The molecule has 0 N–H and O–H groups in total. The third kappa shape index (κ3) is 2.07. The van der Waals surface area contributed by atoms with E-state index in [4.69, 9.17) is 0 Å². The van der Waals surface area contributed by atoms with Crippen molar-refractivity contribution in [3.05, 3.63) is 0 Å². The predicted octanol–water partition coefficient (Wildman–Crippen LogP) is 3.74. The molecule has 3 aliphatic carbocycles. The lowest BCUT2D eigenvalue weighted by Gasteiger charge is -2.53. The number of hydrogen-bond acceptors (Lipinski definition) is 2. The topological polar surface area (TPSA) is 34.1 Å². The van der Waals surface area contributed by atoms with Crippen molar-refractivity contribution in [2.45, 2.75) is 53.4 Å². The van der Waals surface area contributed by atoms with Crippen molar-refractivity contribution < 1.29 is 9.59 Å². The van der Waals surface area contributed by atoms with Crippen molar-refractivity contribution in [1.82, 2.24) is 0 Å². The average Bonchev–Trinajstić information content (AvgIpc) is 2.35. The van der Waals surface area contributed by atoms with Gasteiger partial charge in [0, 0.05) is 11.8 Å². The number of hydrogen-bond donors (Lipinski definition) is 0. The molecule has 112 valence electrons. The summed E-state index contributed by atoms with van der Waals surface area (Å²) in [5.74, 6) is 3.39. The maximum atomic E-state index is 12.6. The van der Waals surface area contributed by atoms with E-state index in [1.54, 1.807) is 0 Å². The highest BCUT2D eigenvalue weighted by molar-refractivity contribution is 6.39. The Morgan fingerprint density at radius 3 is 1.35 bits per heavy atom. The molecule has 0 aromatic rings. The monoisotopic (exact) mass is 276 g/mol. The van der Waals surface area contributed by atoms with E-state index in [1.165, 1.54) is 12.8 Å². The second kappa shape index (κ2) is 4.96. The van der Waals surface area contributed by atoms with Crippen LogP contribution in [0, 0.1) is 47.3 Å². The van der Waals surface area contributed by atoms with Crippen molar-refractivity contribution in [3.8, 4) is 0 Å². The molecule has 3 fully saturated rings. The quantitative estimate of drug-likeness (QED) is 0.632. The minimum atomic E-state index is -0.0176. The van der Waals surface area contributed by atoms with Gasteiger partial charge in [-0.05, 0) is 61.2 Å². The summed E-state index contributed by atoms with van der Waals surface area (Å²) in [6, 6.07) is 0. The van der Waals surface area contributed by atoms with Crippen molar-refractivity contribution in [2.75, 3.05) is 0 Å². The van der Waals surface area contributed by atoms with Crippen molar-refractivity contribution in [3.63, 3.8) is 0 Å². The average molecular weight is 276 g/mol. The zero-order valence-corrected chi connectivity index (χ0v) is 13.3. The summed E-state index contributed by atoms with van der Waals surface area (Å²) in [7, 11) is 0. The van der Waals surface area contributed by atoms with E-state index < -0.39 is 0 Å². The predicted molar refractivity (Wildman–Crippen MR) is 79.1 cm³/mol. The Hall–Kier alpha value is -0.660. The normalized spacial score (nSPS) is 52.4. The van der Waals surface area contributed by atoms with Gasteiger partial charge in [0.15, 0.2) is 0 Å². The molecular weight excluding hydrogens is 248 g/mol. The first-order valence-electron chi connectivity index (χ1n) is 8.48. The molecule has 0 aromatic carbocycles. The molecule has 20 heavy (non-hydrogen) atoms. The van der Waals surface area contributed by atoms with Gasteiger partial charge in [0.1, 0.15) is 0 Å². The van der Waals surface area contributed by atoms with Gasteiger partial charge in [-0.15, -0.1) is 0 Å². The lowest BCUT2D eigenvalue weighted by Crippen LogP contribution is -2.55. The van der Waals surface area contributed by atoms with Crippen LogP contribution in [-0.4, -0.2) is 11.6 Å². The molecule has 8 unspecified atom stereocenters. The lowest BCUT2D eigenvalue weighted by atomic mass is 9.50. The minimum Gasteiger partial charge on any atom is -0.291 e. The molecule has 0 aliphatic heterocycles. The first kappa shape index (κ1) is 14.3. The first-order valence-corrected chi connectivity index (χ1v) is 8.48. The summed E-state index contributed by atoms with van der Waals surface area (Å²) < 4.78 is 0. The molecule has 0 bridgehead atoms. The van der Waals surface area contributed by atoms with Crippen LogP contribution < -0.4 is 0 Å². The Morgan fingerprint density at radius 1 is 0.650 bits per heavy atom. The van der Waals surface area contributed by atoms with Gasteiger partial charge in [-0.3, -0.25) is 9.59 Å². The fourth-order valence-electron chi connectivity index (χ4n) is 5.97. The number of carbonyl (C=O) groups excluding carboxylic acids is 2. The number of fused-ring (bicyclic) bond motifs is 3. The molecule has 0 radical (unpaired) electrons. The number of rotatable bonds is 0. The van der Waals surface area contributed by atoms with Crippen LogP contribution in [0.3, 0.4) is 0 Å². The van der Waals surface area contributed by atoms with E-state index in [0.29, 0.717) is 35.5 Å². The summed E-state index contributed by atoms with van der Waals surface area (Å²) in [5.41, 5.74) is 0. The van der Waals surface area contributed by atoms with Gasteiger partial charge in [-0.25, -0.2) is 0 Å². The van der Waals surface area contributed by atoms with E-state index in [2.05, 4.69) is 27.7 Å². The third-order valence-corrected chi connectivity index (χ3v) is 6.47. The fourth-order valence-corrected chi connectivity index (χ4v) is 5.97. The van der Waals surface area contributed by atoms with Gasteiger partial charge in [-0.2, -0.15) is 0 Å². The van der Waals surface area contributed by atoms with Crippen molar-refractivity contribution >= 4 is 11.6 Å². The summed E-state index contributed by atoms with van der Waals surface area (Å²) in [6.45, 7) is 9.11. The highest BCUT2D eigenvalue weighted by Crippen LogP contribution is 2.54. The molecule has 0 saturated heterocycles. The fraction of sp³-hybridized carbons (Fsp3) is 0.889. The summed E-state index contributed by atoms with van der Waals surface area (Å²) in [6.07, 6.45) is 4.36. The van der Waals surface area contributed by atoms with Crippen LogP contribution in [0.25, 0.3) is 0 Å². The number of carbonyl (C=O) groups is 2. The Morgan fingerprint density at radius 2 is 1.00 bits per heavy atom. The highest BCUT2D eigenvalue weighted by atomic mass is 16.2. The van der Waals surface area contributed by atoms with Crippen LogP contribution in [0.2, 0.25) is 0 Å². The Balaban J connectivity index is 1.97. The number of ketones is 2. The summed E-state index contributed by atoms with van der Waals surface area (Å²) in [5, 5.41) is 0. The van der Waals surface area contributed by atoms with Gasteiger partial charge < -0.3 is 0 Å². The lowest BCUT2D eigenvalue weighted by molar-refractivity contribution is -0.157. The minimum absolute atomic E-state index is 0.0176. The molecule has 0 spiro atoms. The van der Waals surface area contributed by atoms with Crippen LogP contribution in [0.4, 0.5) is 0 Å². The van der Waals surface area contributed by atoms with Crippen LogP contribution in [0.15, 0.2) is 0 Å². The second-order valence-electron chi connectivity index (χ2n) is 8.20. The highest BCUT2D eigenvalue weighted by Gasteiger charge is 2.55. The van der Waals surface area contributed by atoms with Gasteiger partial charge in [0.2, 0.25) is 11.6 Å². The van der Waals surface area contributed by atoms with Gasteiger partial charge in [-0.1, -0.05) is 27.7 Å². The van der Waals surface area contributed by atoms with Crippen LogP contribution in [-0.2, 0) is 9.59 Å². The molecule has 0 amide bonds.